The summed E-state index contributed by atoms with van der Waals surface area (Å²) in [5, 5.41) is 32.5. The Morgan fingerprint density at radius 1 is 1.17 bits per heavy atom. The van der Waals surface area contributed by atoms with Crippen molar-refractivity contribution in [3.05, 3.63) is 17.7 Å². The second-order valence-electron chi connectivity index (χ2n) is 12.7. The predicted octanol–water partition coefficient (Wildman–Crippen LogP) is 4.73. The van der Waals surface area contributed by atoms with Gasteiger partial charge in [0.25, 0.3) is 0 Å². The van der Waals surface area contributed by atoms with E-state index in [0.717, 1.165) is 22.5 Å². The first-order valence-corrected chi connectivity index (χ1v) is 15.9. The Morgan fingerprint density at radius 2 is 1.81 bits per heavy atom. The molecule has 0 aliphatic rings. The summed E-state index contributed by atoms with van der Waals surface area (Å²) in [4.78, 5) is 39.8. The topological polar surface area (TPSA) is 148 Å². The minimum atomic E-state index is -1.29. The summed E-state index contributed by atoms with van der Waals surface area (Å²) in [5.41, 5.74) is 0.124. The summed E-state index contributed by atoms with van der Waals surface area (Å²) in [7, 11) is 1.86. The van der Waals surface area contributed by atoms with Gasteiger partial charge in [-0.15, -0.1) is 11.8 Å². The number of ether oxygens (including phenoxy) is 1. The number of aliphatic hydroxyl groups is 3. The zero-order valence-corrected chi connectivity index (χ0v) is 27.7. The molecule has 0 unspecified atom stereocenters. The van der Waals surface area contributed by atoms with Crippen molar-refractivity contribution in [2.24, 2.45) is 24.3 Å². The van der Waals surface area contributed by atoms with Gasteiger partial charge in [-0.3, -0.25) is 9.59 Å². The second kappa shape index (κ2) is 14.9. The van der Waals surface area contributed by atoms with Crippen LogP contribution < -0.4 is 0 Å². The molecule has 10 nitrogen and oxygen atoms in total. The molecule has 3 N–H and O–H groups in total. The number of carbonyl (C=O) groups excluding carboxylic acids is 2. The third-order valence-electron chi connectivity index (χ3n) is 8.03. The molecule has 2 rings (SSSR count). The number of imidazole rings is 1. The van der Waals surface area contributed by atoms with Gasteiger partial charge in [0.15, 0.2) is 11.5 Å². The summed E-state index contributed by atoms with van der Waals surface area (Å²) in [6.45, 7) is 13.9. The van der Waals surface area contributed by atoms with E-state index >= 15 is 0 Å². The lowest BCUT2D eigenvalue weighted by atomic mass is 9.73. The minimum Gasteiger partial charge on any atom is -0.458 e. The van der Waals surface area contributed by atoms with Crippen LogP contribution in [0.5, 0.6) is 0 Å². The summed E-state index contributed by atoms with van der Waals surface area (Å²) in [6, 6.07) is 0. The fourth-order valence-corrected chi connectivity index (χ4v) is 5.57. The zero-order chi connectivity index (χ0) is 32.0. The van der Waals surface area contributed by atoms with Crippen LogP contribution in [0.25, 0.3) is 17.2 Å². The number of hydrogen-bond acceptors (Lipinski definition) is 10. The molecule has 0 saturated heterocycles. The largest absolute Gasteiger partial charge is 0.458 e. The van der Waals surface area contributed by atoms with Gasteiger partial charge in [0, 0.05) is 13.0 Å². The monoisotopic (exact) mass is 606 g/mol. The summed E-state index contributed by atoms with van der Waals surface area (Å²) in [5.74, 6) is -1.36. The summed E-state index contributed by atoms with van der Waals surface area (Å²) < 4.78 is 7.55. The van der Waals surface area contributed by atoms with E-state index in [4.69, 9.17) is 4.74 Å². The molecule has 2 aromatic rings. The van der Waals surface area contributed by atoms with Crippen LogP contribution in [0.4, 0.5) is 0 Å². The number of fused-ring (bicyclic) bond motifs is 1. The Balaban J connectivity index is 2.05. The predicted molar refractivity (Wildman–Crippen MR) is 166 cm³/mol. The highest BCUT2D eigenvalue weighted by atomic mass is 32.2. The van der Waals surface area contributed by atoms with Crippen LogP contribution in [0.15, 0.2) is 16.9 Å². The van der Waals surface area contributed by atoms with Crippen LogP contribution in [-0.4, -0.2) is 76.8 Å². The molecule has 0 aromatic carbocycles. The number of ketones is 1. The van der Waals surface area contributed by atoms with Crippen molar-refractivity contribution >= 4 is 40.8 Å². The normalized spacial score (nSPS) is 16.6. The number of esters is 1. The van der Waals surface area contributed by atoms with Crippen LogP contribution >= 0.6 is 11.8 Å². The van der Waals surface area contributed by atoms with Gasteiger partial charge in [-0.2, -0.15) is 0 Å². The highest BCUT2D eigenvalue weighted by Crippen LogP contribution is 2.32. The van der Waals surface area contributed by atoms with Crippen molar-refractivity contribution < 1.29 is 29.6 Å². The van der Waals surface area contributed by atoms with E-state index in [2.05, 4.69) is 15.0 Å². The molecule has 2 aromatic heterocycles. The molecule has 2 heterocycles. The standard InChI is InChI=1S/C31H50N4O6S/c1-11-21(19(3)15-23-33-28-25(29(34-23)42-10)32-17-35(28)9)41-24(37)16-22(36)31(7,8)27(39)20(4)26(38)18(2)13-12-14-30(5,6)40/h15,17-18,20-22,26,36,38,40H,11-14,16H2,1-10H3/b19-15+/t18-,20+,21-,22-,26-/m0/s1. The Morgan fingerprint density at radius 3 is 2.38 bits per heavy atom. The number of carbonyl (C=O) groups is 2. The van der Waals surface area contributed by atoms with Gasteiger partial charge in [-0.1, -0.05) is 41.0 Å². The van der Waals surface area contributed by atoms with E-state index in [0.29, 0.717) is 30.7 Å². The van der Waals surface area contributed by atoms with Crippen LogP contribution in [0.1, 0.15) is 93.3 Å². The molecule has 0 fully saturated rings. The van der Waals surface area contributed by atoms with E-state index in [1.165, 1.54) is 11.8 Å². The van der Waals surface area contributed by atoms with E-state index in [9.17, 15) is 24.9 Å². The van der Waals surface area contributed by atoms with E-state index in [1.54, 1.807) is 47.0 Å². The van der Waals surface area contributed by atoms with Crippen molar-refractivity contribution in [3.8, 4) is 0 Å². The first-order chi connectivity index (χ1) is 19.4. The highest BCUT2D eigenvalue weighted by molar-refractivity contribution is 7.98. The number of aryl methyl sites for hydroxylation is 1. The second-order valence-corrected chi connectivity index (χ2v) is 13.5. The van der Waals surface area contributed by atoms with Crippen LogP contribution in [-0.2, 0) is 21.4 Å². The van der Waals surface area contributed by atoms with Crippen molar-refractivity contribution in [2.45, 2.75) is 116 Å². The van der Waals surface area contributed by atoms with Gasteiger partial charge in [0.2, 0.25) is 0 Å². The lowest BCUT2D eigenvalue weighted by Gasteiger charge is -2.34. The molecule has 0 radical (unpaired) electrons. The van der Waals surface area contributed by atoms with E-state index in [-0.39, 0.29) is 18.1 Å². The molecular weight excluding hydrogens is 556 g/mol. The van der Waals surface area contributed by atoms with Crippen LogP contribution in [0.3, 0.4) is 0 Å². The Hall–Kier alpha value is -2.34. The maximum absolute atomic E-state index is 13.4. The third kappa shape index (κ3) is 9.33. The van der Waals surface area contributed by atoms with Gasteiger partial charge >= 0.3 is 5.97 Å². The van der Waals surface area contributed by atoms with Crippen molar-refractivity contribution in [1.29, 1.82) is 0 Å². The molecule has 0 saturated carbocycles. The average molecular weight is 607 g/mol. The lowest BCUT2D eigenvalue weighted by Crippen LogP contribution is -2.45. The maximum atomic E-state index is 13.4. The van der Waals surface area contributed by atoms with Gasteiger partial charge in [-0.25, -0.2) is 15.0 Å². The van der Waals surface area contributed by atoms with Crippen molar-refractivity contribution in [1.82, 2.24) is 19.5 Å². The number of Topliss-reactive ketones (excluding diaryl/α,β-unsaturated/α-hetero) is 1. The minimum absolute atomic E-state index is 0.168. The zero-order valence-electron chi connectivity index (χ0n) is 26.8. The first kappa shape index (κ1) is 35.9. The number of nitrogens with zero attached hydrogens (tertiary/aromatic N) is 4. The Kier molecular flexibility index (Phi) is 12.7. The molecule has 0 amide bonds. The van der Waals surface area contributed by atoms with Gasteiger partial charge < -0.3 is 24.6 Å². The molecule has 5 atom stereocenters. The molecule has 0 bridgehead atoms. The average Bonchev–Trinajstić information content (AvgIpc) is 3.29. The molecule has 0 spiro atoms. The lowest BCUT2D eigenvalue weighted by molar-refractivity contribution is -0.154. The number of thioether (sulfide) groups is 1. The maximum Gasteiger partial charge on any atom is 0.309 e. The number of hydrogen-bond donors (Lipinski definition) is 3. The molecule has 11 heteroatoms. The molecule has 0 aliphatic carbocycles. The van der Waals surface area contributed by atoms with Crippen molar-refractivity contribution in [2.75, 3.05) is 6.26 Å². The molecule has 0 aliphatic heterocycles. The number of aliphatic hydroxyl groups excluding tert-OH is 2. The summed E-state index contributed by atoms with van der Waals surface area (Å²) in [6.07, 6.45) is 4.75. The molecular formula is C31H50N4O6S. The van der Waals surface area contributed by atoms with Gasteiger partial charge in [-0.05, 0) is 63.9 Å². The van der Waals surface area contributed by atoms with Crippen molar-refractivity contribution in [3.63, 3.8) is 0 Å². The third-order valence-corrected chi connectivity index (χ3v) is 8.70. The fraction of sp³-hybridized carbons (Fsp3) is 0.710. The summed E-state index contributed by atoms with van der Waals surface area (Å²) >= 11 is 1.48. The van der Waals surface area contributed by atoms with E-state index < -0.39 is 41.2 Å². The molecule has 236 valence electrons. The SMILES string of the molecule is CC[C@H](OC(=O)C[C@H](O)C(C)(C)C(=O)[C@H](C)[C@@H](O)[C@@H](C)CCCC(C)(C)O)/C(C)=C/c1nc(SC)c2ncn(C)c2n1. The molecule has 42 heavy (non-hydrogen) atoms. The van der Waals surface area contributed by atoms with Gasteiger partial charge in [0.1, 0.15) is 22.4 Å². The fourth-order valence-electron chi connectivity index (χ4n) is 5.04. The quantitative estimate of drug-likeness (QED) is 0.139. The van der Waals surface area contributed by atoms with Crippen LogP contribution in [0, 0.1) is 17.3 Å². The number of rotatable bonds is 16. The number of aromatic nitrogens is 4. The Labute approximate surface area is 254 Å². The van der Waals surface area contributed by atoms with Gasteiger partial charge in [0.05, 0.1) is 36.0 Å². The smallest absolute Gasteiger partial charge is 0.309 e. The Bertz CT molecular complexity index is 1250. The van der Waals surface area contributed by atoms with Crippen LogP contribution in [0.2, 0.25) is 0 Å². The first-order valence-electron chi connectivity index (χ1n) is 14.7. The van der Waals surface area contributed by atoms with E-state index in [1.807, 2.05) is 38.6 Å². The highest BCUT2D eigenvalue weighted by Gasteiger charge is 2.42.